The highest BCUT2D eigenvalue weighted by atomic mass is 32.2. The Morgan fingerprint density at radius 3 is 2.33 bits per heavy atom. The molecule has 3 heteroatoms. The van der Waals surface area contributed by atoms with E-state index in [1.54, 1.807) is 6.92 Å². The van der Waals surface area contributed by atoms with Gasteiger partial charge in [-0.25, -0.2) is 0 Å². The first-order valence-electron chi connectivity index (χ1n) is 3.01. The molecule has 0 aromatic heterocycles. The van der Waals surface area contributed by atoms with Crippen molar-refractivity contribution in [3.63, 3.8) is 0 Å². The maximum absolute atomic E-state index is 7.36. The molecule has 0 heterocycles. The van der Waals surface area contributed by atoms with E-state index in [4.69, 9.17) is 10.8 Å². The van der Waals surface area contributed by atoms with Crippen molar-refractivity contribution in [2.75, 3.05) is 0 Å². The van der Waals surface area contributed by atoms with Gasteiger partial charge in [-0.2, -0.15) is 0 Å². The molecule has 0 saturated heterocycles. The molecule has 1 fully saturated rings. The van der Waals surface area contributed by atoms with Crippen LogP contribution in [0.15, 0.2) is 0 Å². The fourth-order valence-electron chi connectivity index (χ4n) is 0.594. The average Bonchev–Trinajstić information content (AvgIpc) is 2.40. The number of rotatable bonds is 1. The second-order valence-corrected chi connectivity index (χ2v) is 3.55. The van der Waals surface area contributed by atoms with Crippen molar-refractivity contribution in [2.24, 2.45) is 5.92 Å². The van der Waals surface area contributed by atoms with Gasteiger partial charge in [-0.1, -0.05) is 11.8 Å². The predicted molar refractivity (Wildman–Crippen MR) is 41.4 cm³/mol. The Morgan fingerprint density at radius 1 is 1.44 bits per heavy atom. The normalized spacial score (nSPS) is 17.4. The van der Waals surface area contributed by atoms with E-state index in [0.717, 1.165) is 0 Å². The molecule has 9 heavy (non-hydrogen) atoms. The van der Waals surface area contributed by atoms with Gasteiger partial charge in [0, 0.05) is 5.92 Å². The summed E-state index contributed by atoms with van der Waals surface area (Å²) in [5.74, 6) is 0.510. The van der Waals surface area contributed by atoms with E-state index in [-0.39, 0.29) is 0 Å². The Kier molecular flexibility index (Phi) is 1.90. The predicted octanol–water partition coefficient (Wildman–Crippen LogP) is 2.10. The van der Waals surface area contributed by atoms with Gasteiger partial charge in [-0.15, -0.1) is 0 Å². The molecule has 0 aliphatic heterocycles. The summed E-state index contributed by atoms with van der Waals surface area (Å²) in [6.45, 7) is 1.72. The van der Waals surface area contributed by atoms with Gasteiger partial charge in [-0.05, 0) is 19.8 Å². The highest BCUT2D eigenvalue weighted by Gasteiger charge is 2.26. The first-order valence-corrected chi connectivity index (χ1v) is 3.83. The van der Waals surface area contributed by atoms with E-state index in [2.05, 4.69) is 0 Å². The standard InChI is InChI=1S/C6H10N2S/c1-4(7)9-6(8)5-2-3-5/h5,7-8H,2-3H2,1H3. The summed E-state index contributed by atoms with van der Waals surface area (Å²) in [5, 5.41) is 15.6. The zero-order chi connectivity index (χ0) is 6.85. The third-order valence-electron chi connectivity index (χ3n) is 1.21. The van der Waals surface area contributed by atoms with Crippen LogP contribution in [-0.2, 0) is 0 Å². The Labute approximate surface area is 59.1 Å². The molecule has 0 bridgehead atoms. The Hall–Kier alpha value is -0.310. The first-order chi connectivity index (χ1) is 4.20. The molecule has 0 radical (unpaired) electrons. The van der Waals surface area contributed by atoms with Crippen LogP contribution in [0.2, 0.25) is 0 Å². The molecule has 0 unspecified atom stereocenters. The van der Waals surface area contributed by atoms with Crippen LogP contribution in [0.1, 0.15) is 19.8 Å². The highest BCUT2D eigenvalue weighted by molar-refractivity contribution is 8.26. The molecule has 0 spiro atoms. The molecule has 1 aliphatic carbocycles. The largest absolute Gasteiger partial charge is 0.298 e. The summed E-state index contributed by atoms with van der Waals surface area (Å²) < 4.78 is 0. The SMILES string of the molecule is CC(=N)SC(=N)C1CC1. The summed E-state index contributed by atoms with van der Waals surface area (Å²) in [6.07, 6.45) is 2.33. The zero-order valence-corrected chi connectivity index (χ0v) is 6.22. The van der Waals surface area contributed by atoms with E-state index >= 15 is 0 Å². The topological polar surface area (TPSA) is 47.7 Å². The van der Waals surface area contributed by atoms with Crippen LogP contribution in [0.5, 0.6) is 0 Å². The van der Waals surface area contributed by atoms with Crippen LogP contribution < -0.4 is 0 Å². The van der Waals surface area contributed by atoms with Crippen molar-refractivity contribution in [1.29, 1.82) is 10.8 Å². The molecule has 0 aromatic rings. The summed E-state index contributed by atoms with van der Waals surface area (Å²) in [7, 11) is 0. The second-order valence-electron chi connectivity index (χ2n) is 2.30. The van der Waals surface area contributed by atoms with E-state index in [1.807, 2.05) is 0 Å². The third-order valence-corrected chi connectivity index (χ3v) is 2.07. The fourth-order valence-corrected chi connectivity index (χ4v) is 1.33. The first kappa shape index (κ1) is 6.81. The maximum Gasteiger partial charge on any atom is 0.0731 e. The third kappa shape index (κ3) is 2.18. The molecule has 2 nitrogen and oxygen atoms in total. The molecule has 0 aromatic carbocycles. The van der Waals surface area contributed by atoms with Crippen LogP contribution >= 0.6 is 11.8 Å². The summed E-state index contributed by atoms with van der Waals surface area (Å²) in [6, 6.07) is 0. The van der Waals surface area contributed by atoms with Crippen molar-refractivity contribution in [3.8, 4) is 0 Å². The molecule has 0 amide bonds. The molecular formula is C6H10N2S. The van der Waals surface area contributed by atoms with E-state index in [0.29, 0.717) is 16.0 Å². The van der Waals surface area contributed by atoms with E-state index < -0.39 is 0 Å². The van der Waals surface area contributed by atoms with Gasteiger partial charge < -0.3 is 0 Å². The van der Waals surface area contributed by atoms with Crippen LogP contribution in [0.4, 0.5) is 0 Å². The van der Waals surface area contributed by atoms with Crippen molar-refractivity contribution < 1.29 is 0 Å². The molecule has 1 rings (SSSR count). The van der Waals surface area contributed by atoms with Gasteiger partial charge >= 0.3 is 0 Å². The van der Waals surface area contributed by atoms with Crippen LogP contribution in [0.3, 0.4) is 0 Å². The second kappa shape index (κ2) is 2.52. The van der Waals surface area contributed by atoms with Crippen LogP contribution in [0.25, 0.3) is 0 Å². The summed E-state index contributed by atoms with van der Waals surface area (Å²) in [4.78, 5) is 0. The van der Waals surface area contributed by atoms with Crippen LogP contribution in [-0.4, -0.2) is 10.1 Å². The number of thioether (sulfide) groups is 1. The molecule has 1 saturated carbocycles. The molecule has 1 aliphatic rings. The Morgan fingerprint density at radius 2 is 2.00 bits per heavy atom. The van der Waals surface area contributed by atoms with Crippen molar-refractivity contribution in [2.45, 2.75) is 19.8 Å². The fraction of sp³-hybridized carbons (Fsp3) is 0.667. The van der Waals surface area contributed by atoms with Crippen molar-refractivity contribution >= 4 is 21.8 Å². The minimum Gasteiger partial charge on any atom is -0.298 e. The molecule has 0 atom stereocenters. The summed E-state index contributed by atoms with van der Waals surface area (Å²) >= 11 is 1.29. The zero-order valence-electron chi connectivity index (χ0n) is 5.40. The number of nitrogens with one attached hydrogen (secondary N) is 2. The quantitative estimate of drug-likeness (QED) is 0.427. The van der Waals surface area contributed by atoms with Crippen molar-refractivity contribution in [1.82, 2.24) is 0 Å². The Balaban J connectivity index is 2.26. The lowest BCUT2D eigenvalue weighted by molar-refractivity contribution is 1.20. The van der Waals surface area contributed by atoms with Crippen LogP contribution in [0, 0.1) is 16.7 Å². The number of hydrogen-bond donors (Lipinski definition) is 2. The summed E-state index contributed by atoms with van der Waals surface area (Å²) in [5.41, 5.74) is 0. The Bertz CT molecular complexity index is 149. The smallest absolute Gasteiger partial charge is 0.0731 e. The van der Waals surface area contributed by atoms with Crippen molar-refractivity contribution in [3.05, 3.63) is 0 Å². The van der Waals surface area contributed by atoms with Gasteiger partial charge in [0.1, 0.15) is 0 Å². The van der Waals surface area contributed by atoms with Gasteiger partial charge in [0.25, 0.3) is 0 Å². The molecular weight excluding hydrogens is 132 g/mol. The molecule has 2 N–H and O–H groups in total. The van der Waals surface area contributed by atoms with Gasteiger partial charge in [0.2, 0.25) is 0 Å². The van der Waals surface area contributed by atoms with Gasteiger partial charge in [0.05, 0.1) is 10.1 Å². The number of hydrogen-bond acceptors (Lipinski definition) is 3. The van der Waals surface area contributed by atoms with E-state index in [9.17, 15) is 0 Å². The van der Waals surface area contributed by atoms with E-state index in [1.165, 1.54) is 24.6 Å². The lowest BCUT2D eigenvalue weighted by Crippen LogP contribution is -1.95. The lowest BCUT2D eigenvalue weighted by atomic mass is 10.5. The van der Waals surface area contributed by atoms with Gasteiger partial charge in [0.15, 0.2) is 0 Å². The minimum atomic E-state index is 0.510. The maximum atomic E-state index is 7.36. The highest BCUT2D eigenvalue weighted by Crippen LogP contribution is 2.34. The monoisotopic (exact) mass is 142 g/mol. The van der Waals surface area contributed by atoms with Gasteiger partial charge in [-0.3, -0.25) is 10.8 Å². The average molecular weight is 142 g/mol. The minimum absolute atomic E-state index is 0.510. The molecule has 50 valence electrons. The lowest BCUT2D eigenvalue weighted by Gasteiger charge is -1.95.